The summed E-state index contributed by atoms with van der Waals surface area (Å²) >= 11 is 1.44. The number of nitrogens with one attached hydrogen (secondary N) is 1. The zero-order valence-electron chi connectivity index (χ0n) is 13.6. The molecule has 1 N–H and O–H groups in total. The molecule has 124 valence electrons. The van der Waals surface area contributed by atoms with Gasteiger partial charge in [-0.3, -0.25) is 4.79 Å². The van der Waals surface area contributed by atoms with Gasteiger partial charge < -0.3 is 9.88 Å². The highest BCUT2D eigenvalue weighted by Gasteiger charge is 2.13. The second-order valence-electron chi connectivity index (χ2n) is 5.75. The monoisotopic (exact) mass is 347 g/mol. The molecule has 0 fully saturated rings. The van der Waals surface area contributed by atoms with Crippen LogP contribution in [0.3, 0.4) is 0 Å². The number of nitrogens with zero attached hydrogens (tertiary/aromatic N) is 2. The lowest BCUT2D eigenvalue weighted by Crippen LogP contribution is -2.24. The van der Waals surface area contributed by atoms with E-state index in [1.165, 1.54) is 16.9 Å². The van der Waals surface area contributed by atoms with E-state index in [9.17, 15) is 4.79 Å². The van der Waals surface area contributed by atoms with Gasteiger partial charge in [-0.2, -0.15) is 0 Å². The summed E-state index contributed by atoms with van der Waals surface area (Å²) in [5.74, 6) is 0.795. The van der Waals surface area contributed by atoms with Crippen LogP contribution in [-0.2, 0) is 13.1 Å². The summed E-state index contributed by atoms with van der Waals surface area (Å²) in [6, 6.07) is 22.0. The normalized spacial score (nSPS) is 10.9. The van der Waals surface area contributed by atoms with Crippen molar-refractivity contribution in [2.45, 2.75) is 13.1 Å². The predicted molar refractivity (Wildman–Crippen MR) is 101 cm³/mol. The molecule has 0 atom stereocenters. The van der Waals surface area contributed by atoms with Crippen LogP contribution in [0.4, 0.5) is 0 Å². The number of carbonyl (C=O) groups excluding carboxylic acids is 1. The van der Waals surface area contributed by atoms with Crippen LogP contribution in [0.25, 0.3) is 11.0 Å². The molecule has 0 unspecified atom stereocenters. The Labute approximate surface area is 149 Å². The number of para-hydroxylation sites is 2. The summed E-state index contributed by atoms with van der Waals surface area (Å²) in [6.45, 7) is 1.13. The Kier molecular flexibility index (Phi) is 4.31. The van der Waals surface area contributed by atoms with E-state index in [1.54, 1.807) is 0 Å². The first-order valence-electron chi connectivity index (χ1n) is 8.11. The van der Waals surface area contributed by atoms with E-state index in [2.05, 4.69) is 28.1 Å². The number of rotatable bonds is 5. The number of thiophene rings is 1. The third kappa shape index (κ3) is 3.32. The molecule has 4 rings (SSSR count). The maximum absolute atomic E-state index is 12.2. The van der Waals surface area contributed by atoms with Crippen LogP contribution in [0.5, 0.6) is 0 Å². The summed E-state index contributed by atoms with van der Waals surface area (Å²) in [5, 5.41) is 4.88. The van der Waals surface area contributed by atoms with Gasteiger partial charge in [0, 0.05) is 6.54 Å². The minimum Gasteiger partial charge on any atom is -0.344 e. The Morgan fingerprint density at radius 3 is 2.60 bits per heavy atom. The third-order valence-electron chi connectivity index (χ3n) is 4.07. The number of hydrogen-bond donors (Lipinski definition) is 1. The van der Waals surface area contributed by atoms with E-state index in [0.717, 1.165) is 23.4 Å². The lowest BCUT2D eigenvalue weighted by Gasteiger charge is -2.10. The standard InChI is InChI=1S/C20H17N3OS/c24-20(18-11-6-12-25-18)21-13-19-22-16-9-4-5-10-17(16)23(19)14-15-7-2-1-3-8-15/h1-12H,13-14H2,(H,21,24). The van der Waals surface area contributed by atoms with Crippen LogP contribution in [-0.4, -0.2) is 15.5 Å². The van der Waals surface area contributed by atoms with Gasteiger partial charge in [-0.25, -0.2) is 4.98 Å². The van der Waals surface area contributed by atoms with E-state index in [-0.39, 0.29) is 5.91 Å². The van der Waals surface area contributed by atoms with Gasteiger partial charge in [0.2, 0.25) is 0 Å². The molecule has 0 saturated carbocycles. The SMILES string of the molecule is O=C(NCc1nc2ccccc2n1Cc1ccccc1)c1cccs1. The van der Waals surface area contributed by atoms with Crippen molar-refractivity contribution in [2.75, 3.05) is 0 Å². The van der Waals surface area contributed by atoms with Crippen LogP contribution in [0.2, 0.25) is 0 Å². The van der Waals surface area contributed by atoms with E-state index in [0.29, 0.717) is 11.4 Å². The quantitative estimate of drug-likeness (QED) is 0.591. The Morgan fingerprint density at radius 1 is 1.00 bits per heavy atom. The average molecular weight is 347 g/mol. The van der Waals surface area contributed by atoms with Crippen molar-refractivity contribution in [3.8, 4) is 0 Å². The molecule has 1 amide bonds. The van der Waals surface area contributed by atoms with Crippen molar-refractivity contribution in [2.24, 2.45) is 0 Å². The third-order valence-corrected chi connectivity index (χ3v) is 4.94. The smallest absolute Gasteiger partial charge is 0.261 e. The molecule has 2 aromatic heterocycles. The van der Waals surface area contributed by atoms with Crippen LogP contribution >= 0.6 is 11.3 Å². The predicted octanol–water partition coefficient (Wildman–Crippen LogP) is 4.08. The fourth-order valence-electron chi connectivity index (χ4n) is 2.86. The number of amides is 1. The van der Waals surface area contributed by atoms with Gasteiger partial charge >= 0.3 is 0 Å². The summed E-state index contributed by atoms with van der Waals surface area (Å²) < 4.78 is 2.17. The molecule has 0 aliphatic heterocycles. The molecular formula is C20H17N3OS. The largest absolute Gasteiger partial charge is 0.344 e. The fraction of sp³-hybridized carbons (Fsp3) is 0.100. The topological polar surface area (TPSA) is 46.9 Å². The number of hydrogen-bond acceptors (Lipinski definition) is 3. The first kappa shape index (κ1) is 15.6. The fourth-order valence-corrected chi connectivity index (χ4v) is 3.50. The number of carbonyl (C=O) groups is 1. The van der Waals surface area contributed by atoms with Crippen LogP contribution in [0, 0.1) is 0 Å². The lowest BCUT2D eigenvalue weighted by atomic mass is 10.2. The first-order valence-corrected chi connectivity index (χ1v) is 8.99. The molecule has 0 radical (unpaired) electrons. The summed E-state index contributed by atoms with van der Waals surface area (Å²) in [4.78, 5) is 17.7. The second kappa shape index (κ2) is 6.91. The summed E-state index contributed by atoms with van der Waals surface area (Å²) in [6.07, 6.45) is 0. The molecule has 0 aliphatic rings. The Hall–Kier alpha value is -2.92. The van der Waals surface area contributed by atoms with E-state index in [4.69, 9.17) is 4.98 Å². The average Bonchev–Trinajstić information content (AvgIpc) is 3.29. The van der Waals surface area contributed by atoms with Crippen molar-refractivity contribution in [3.05, 3.63) is 88.4 Å². The van der Waals surface area contributed by atoms with Crippen LogP contribution in [0.15, 0.2) is 72.1 Å². The molecule has 4 nitrogen and oxygen atoms in total. The molecular weight excluding hydrogens is 330 g/mol. The van der Waals surface area contributed by atoms with Crippen molar-refractivity contribution in [1.29, 1.82) is 0 Å². The highest BCUT2D eigenvalue weighted by molar-refractivity contribution is 7.12. The molecule has 0 bridgehead atoms. The van der Waals surface area contributed by atoms with Crippen LogP contribution in [0.1, 0.15) is 21.1 Å². The molecule has 0 aliphatic carbocycles. The Morgan fingerprint density at radius 2 is 1.80 bits per heavy atom. The number of fused-ring (bicyclic) bond motifs is 1. The van der Waals surface area contributed by atoms with Gasteiger partial charge in [0.15, 0.2) is 0 Å². The van der Waals surface area contributed by atoms with E-state index >= 15 is 0 Å². The number of imidazole rings is 1. The minimum atomic E-state index is -0.0617. The van der Waals surface area contributed by atoms with Gasteiger partial charge in [-0.05, 0) is 29.1 Å². The van der Waals surface area contributed by atoms with Gasteiger partial charge in [0.1, 0.15) is 5.82 Å². The zero-order chi connectivity index (χ0) is 17.1. The maximum Gasteiger partial charge on any atom is 0.261 e. The lowest BCUT2D eigenvalue weighted by molar-refractivity contribution is 0.0953. The molecule has 5 heteroatoms. The summed E-state index contributed by atoms with van der Waals surface area (Å²) in [5.41, 5.74) is 3.22. The van der Waals surface area contributed by atoms with Crippen molar-refractivity contribution in [1.82, 2.24) is 14.9 Å². The number of aromatic nitrogens is 2. The van der Waals surface area contributed by atoms with Crippen molar-refractivity contribution >= 4 is 28.3 Å². The summed E-state index contributed by atoms with van der Waals surface area (Å²) in [7, 11) is 0. The van der Waals surface area contributed by atoms with Crippen molar-refractivity contribution < 1.29 is 4.79 Å². The van der Waals surface area contributed by atoms with E-state index < -0.39 is 0 Å². The zero-order valence-corrected chi connectivity index (χ0v) is 14.4. The second-order valence-corrected chi connectivity index (χ2v) is 6.70. The first-order chi connectivity index (χ1) is 12.3. The van der Waals surface area contributed by atoms with E-state index in [1.807, 2.05) is 53.9 Å². The van der Waals surface area contributed by atoms with Crippen LogP contribution < -0.4 is 5.32 Å². The highest BCUT2D eigenvalue weighted by Crippen LogP contribution is 2.18. The van der Waals surface area contributed by atoms with Gasteiger partial charge in [-0.1, -0.05) is 48.5 Å². The molecule has 2 aromatic carbocycles. The van der Waals surface area contributed by atoms with Crippen molar-refractivity contribution in [3.63, 3.8) is 0 Å². The molecule has 2 heterocycles. The molecule has 0 spiro atoms. The molecule has 25 heavy (non-hydrogen) atoms. The Balaban J connectivity index is 1.63. The van der Waals surface area contributed by atoms with Gasteiger partial charge in [-0.15, -0.1) is 11.3 Å². The maximum atomic E-state index is 12.2. The number of benzene rings is 2. The Bertz CT molecular complexity index is 990. The molecule has 4 aromatic rings. The minimum absolute atomic E-state index is 0.0617. The van der Waals surface area contributed by atoms with Gasteiger partial charge in [0.05, 0.1) is 22.5 Å². The highest BCUT2D eigenvalue weighted by atomic mass is 32.1. The molecule has 0 saturated heterocycles. The van der Waals surface area contributed by atoms with Gasteiger partial charge in [0.25, 0.3) is 5.91 Å².